The zero-order chi connectivity index (χ0) is 13.9. The number of hydrogen-bond donors (Lipinski definition) is 1. The van der Waals surface area contributed by atoms with Gasteiger partial charge in [0.2, 0.25) is 0 Å². The van der Waals surface area contributed by atoms with Crippen LogP contribution in [0.1, 0.15) is 29.0 Å². The minimum Gasteiger partial charge on any atom is -0.306 e. The van der Waals surface area contributed by atoms with Crippen LogP contribution >= 0.6 is 11.3 Å². The topological polar surface area (TPSA) is 12.0 Å². The maximum absolute atomic E-state index is 3.61. The van der Waals surface area contributed by atoms with Gasteiger partial charge in [-0.25, -0.2) is 0 Å². The highest BCUT2D eigenvalue weighted by Gasteiger charge is 2.16. The van der Waals surface area contributed by atoms with Crippen LogP contribution < -0.4 is 5.32 Å². The number of rotatable bonds is 4. The predicted molar refractivity (Wildman–Crippen MR) is 88.5 cm³/mol. The van der Waals surface area contributed by atoms with Crippen molar-refractivity contribution in [2.24, 2.45) is 0 Å². The third-order valence-corrected chi connectivity index (χ3v) is 4.59. The van der Waals surface area contributed by atoms with E-state index in [0.29, 0.717) is 0 Å². The lowest BCUT2D eigenvalue weighted by molar-refractivity contribution is 0.630. The molecule has 0 aliphatic heterocycles. The number of aryl methyl sites for hydroxylation is 1. The molecule has 0 bridgehead atoms. The zero-order valence-corrected chi connectivity index (χ0v) is 12.7. The molecule has 1 aromatic heterocycles. The standard InChI is InChI=1S/C18H19NS/c1-3-19-18(17-10-11-20-13(17)2)16-9-8-14-6-4-5-7-15(14)12-16/h4-12,18-19H,3H2,1-2H3. The summed E-state index contributed by atoms with van der Waals surface area (Å²) in [6.07, 6.45) is 0. The van der Waals surface area contributed by atoms with Crippen molar-refractivity contribution in [1.82, 2.24) is 5.32 Å². The molecule has 102 valence electrons. The van der Waals surface area contributed by atoms with Crippen LogP contribution in [0.2, 0.25) is 0 Å². The molecule has 20 heavy (non-hydrogen) atoms. The summed E-state index contributed by atoms with van der Waals surface area (Å²) < 4.78 is 0. The number of fused-ring (bicyclic) bond motifs is 1. The highest BCUT2D eigenvalue weighted by Crippen LogP contribution is 2.29. The molecule has 0 aliphatic carbocycles. The first kappa shape index (κ1) is 13.3. The van der Waals surface area contributed by atoms with Crippen LogP contribution in [0.5, 0.6) is 0 Å². The average molecular weight is 281 g/mol. The van der Waals surface area contributed by atoms with Crippen molar-refractivity contribution in [2.75, 3.05) is 6.54 Å². The van der Waals surface area contributed by atoms with Crippen LogP contribution in [-0.4, -0.2) is 6.54 Å². The molecule has 0 aliphatic rings. The Balaban J connectivity index is 2.07. The van der Waals surface area contributed by atoms with E-state index in [2.05, 4.69) is 73.1 Å². The van der Waals surface area contributed by atoms with Gasteiger partial charge in [-0.15, -0.1) is 11.3 Å². The molecule has 2 aromatic carbocycles. The van der Waals surface area contributed by atoms with Crippen LogP contribution in [-0.2, 0) is 0 Å². The summed E-state index contributed by atoms with van der Waals surface area (Å²) in [6.45, 7) is 5.33. The molecule has 0 amide bonds. The highest BCUT2D eigenvalue weighted by atomic mass is 32.1. The maximum atomic E-state index is 3.61. The van der Waals surface area contributed by atoms with Crippen molar-refractivity contribution >= 4 is 22.1 Å². The van der Waals surface area contributed by atoms with Crippen LogP contribution in [0.25, 0.3) is 10.8 Å². The fourth-order valence-corrected chi connectivity index (χ4v) is 3.43. The smallest absolute Gasteiger partial charge is 0.0587 e. The van der Waals surface area contributed by atoms with Gasteiger partial charge in [0.15, 0.2) is 0 Å². The van der Waals surface area contributed by atoms with Crippen molar-refractivity contribution in [3.63, 3.8) is 0 Å². The highest BCUT2D eigenvalue weighted by molar-refractivity contribution is 7.10. The second-order valence-electron chi connectivity index (χ2n) is 5.03. The minimum atomic E-state index is 0.288. The first-order valence-corrected chi connectivity index (χ1v) is 7.93. The number of hydrogen-bond acceptors (Lipinski definition) is 2. The number of nitrogens with one attached hydrogen (secondary N) is 1. The molecule has 2 heteroatoms. The van der Waals surface area contributed by atoms with E-state index in [-0.39, 0.29) is 6.04 Å². The molecule has 0 radical (unpaired) electrons. The summed E-state index contributed by atoms with van der Waals surface area (Å²) in [6, 6.07) is 17.8. The van der Waals surface area contributed by atoms with Crippen LogP contribution in [0, 0.1) is 6.92 Å². The Kier molecular flexibility index (Phi) is 3.86. The van der Waals surface area contributed by atoms with E-state index in [1.54, 1.807) is 0 Å². The third-order valence-electron chi connectivity index (χ3n) is 3.73. The van der Waals surface area contributed by atoms with Crippen LogP contribution in [0.15, 0.2) is 53.9 Å². The Hall–Kier alpha value is -1.64. The van der Waals surface area contributed by atoms with Gasteiger partial charge in [-0.2, -0.15) is 0 Å². The molecular formula is C18H19NS. The maximum Gasteiger partial charge on any atom is 0.0587 e. The number of thiophene rings is 1. The SMILES string of the molecule is CCNC(c1ccc2ccccc2c1)c1ccsc1C. The molecule has 1 N–H and O–H groups in total. The van der Waals surface area contributed by atoms with Crippen molar-refractivity contribution < 1.29 is 0 Å². The molecule has 1 heterocycles. The second-order valence-corrected chi connectivity index (χ2v) is 6.15. The van der Waals surface area contributed by atoms with Gasteiger partial charge in [0.1, 0.15) is 0 Å². The van der Waals surface area contributed by atoms with E-state index in [4.69, 9.17) is 0 Å². The summed E-state index contributed by atoms with van der Waals surface area (Å²) in [4.78, 5) is 1.39. The van der Waals surface area contributed by atoms with Gasteiger partial charge >= 0.3 is 0 Å². The molecule has 0 saturated heterocycles. The second kappa shape index (κ2) is 5.78. The molecule has 0 spiro atoms. The lowest BCUT2D eigenvalue weighted by atomic mass is 9.96. The molecule has 1 nitrogen and oxygen atoms in total. The van der Waals surface area contributed by atoms with E-state index in [1.165, 1.54) is 26.8 Å². The molecule has 0 saturated carbocycles. The van der Waals surface area contributed by atoms with Crippen LogP contribution in [0.3, 0.4) is 0 Å². The fraction of sp³-hybridized carbons (Fsp3) is 0.222. The largest absolute Gasteiger partial charge is 0.306 e. The van der Waals surface area contributed by atoms with Gasteiger partial charge in [0.05, 0.1) is 6.04 Å². The van der Waals surface area contributed by atoms with E-state index in [1.807, 2.05) is 11.3 Å². The van der Waals surface area contributed by atoms with E-state index in [0.717, 1.165) is 6.54 Å². The summed E-state index contributed by atoms with van der Waals surface area (Å²) in [5.41, 5.74) is 2.74. The summed E-state index contributed by atoms with van der Waals surface area (Å²) in [7, 11) is 0. The summed E-state index contributed by atoms with van der Waals surface area (Å²) >= 11 is 1.82. The van der Waals surface area contributed by atoms with Gasteiger partial charge in [-0.3, -0.25) is 0 Å². The monoisotopic (exact) mass is 281 g/mol. The lowest BCUT2D eigenvalue weighted by Gasteiger charge is -2.19. The van der Waals surface area contributed by atoms with E-state index >= 15 is 0 Å². The molecule has 0 fully saturated rings. The van der Waals surface area contributed by atoms with Gasteiger partial charge in [0, 0.05) is 4.88 Å². The first-order chi connectivity index (χ1) is 9.79. The van der Waals surface area contributed by atoms with Crippen LogP contribution in [0.4, 0.5) is 0 Å². The summed E-state index contributed by atoms with van der Waals surface area (Å²) in [5, 5.41) is 8.40. The van der Waals surface area contributed by atoms with E-state index in [9.17, 15) is 0 Å². The Morgan fingerprint density at radius 3 is 2.55 bits per heavy atom. The third kappa shape index (κ3) is 2.49. The first-order valence-electron chi connectivity index (χ1n) is 7.05. The Morgan fingerprint density at radius 1 is 1.05 bits per heavy atom. The predicted octanol–water partition coefficient (Wildman–Crippen LogP) is 4.91. The quantitative estimate of drug-likeness (QED) is 0.716. The van der Waals surface area contributed by atoms with Gasteiger partial charge in [-0.05, 0) is 52.9 Å². The van der Waals surface area contributed by atoms with Crippen molar-refractivity contribution in [1.29, 1.82) is 0 Å². The average Bonchev–Trinajstić information content (AvgIpc) is 2.90. The molecule has 3 aromatic rings. The Labute approximate surface area is 124 Å². The Morgan fingerprint density at radius 2 is 1.85 bits per heavy atom. The zero-order valence-electron chi connectivity index (χ0n) is 11.9. The molecule has 3 rings (SSSR count). The number of benzene rings is 2. The van der Waals surface area contributed by atoms with Crippen molar-refractivity contribution in [3.8, 4) is 0 Å². The van der Waals surface area contributed by atoms with Crippen molar-refractivity contribution in [2.45, 2.75) is 19.9 Å². The fourth-order valence-electron chi connectivity index (χ4n) is 2.69. The van der Waals surface area contributed by atoms with Gasteiger partial charge in [-0.1, -0.05) is 43.3 Å². The normalized spacial score (nSPS) is 12.7. The van der Waals surface area contributed by atoms with E-state index < -0.39 is 0 Å². The lowest BCUT2D eigenvalue weighted by Crippen LogP contribution is -2.22. The molecule has 1 atom stereocenters. The van der Waals surface area contributed by atoms with Gasteiger partial charge in [0.25, 0.3) is 0 Å². The minimum absolute atomic E-state index is 0.288. The van der Waals surface area contributed by atoms with Crippen molar-refractivity contribution in [3.05, 3.63) is 69.9 Å². The van der Waals surface area contributed by atoms with Gasteiger partial charge < -0.3 is 5.32 Å². The Bertz CT molecular complexity index is 714. The summed E-state index contributed by atoms with van der Waals surface area (Å²) in [5.74, 6) is 0. The molecule has 1 unspecified atom stereocenters. The molecular weight excluding hydrogens is 262 g/mol.